The van der Waals surface area contributed by atoms with Crippen molar-refractivity contribution in [2.24, 2.45) is 16.7 Å². The lowest BCUT2D eigenvalue weighted by molar-refractivity contribution is -0.140. The molecule has 3 aliphatic carbocycles. The summed E-state index contributed by atoms with van der Waals surface area (Å²) < 4.78 is 5.86. The van der Waals surface area contributed by atoms with Crippen molar-refractivity contribution in [2.75, 3.05) is 20.6 Å². The molecular formula is C38H40N2O6. The number of hydrogen-bond acceptors (Lipinski definition) is 8. The molecule has 2 aliphatic heterocycles. The van der Waals surface area contributed by atoms with Crippen molar-refractivity contribution in [3.05, 3.63) is 87.8 Å². The number of Topliss-reactive ketones (excluding diaryl/α,β-unsaturated/α-hetero) is 4. The van der Waals surface area contributed by atoms with Crippen molar-refractivity contribution < 1.29 is 28.7 Å². The van der Waals surface area contributed by atoms with Gasteiger partial charge in [0.25, 0.3) is 0 Å². The number of likely N-dealkylation sites (tertiary alicyclic amines) is 1. The summed E-state index contributed by atoms with van der Waals surface area (Å²) in [4.78, 5) is 72.4. The number of carbonyl (C=O) groups excluding carboxylic acids is 5. The van der Waals surface area contributed by atoms with Gasteiger partial charge in [-0.1, -0.05) is 64.1 Å². The minimum atomic E-state index is -1.61. The third-order valence-corrected chi connectivity index (χ3v) is 10.9. The molecule has 1 atom stereocenters. The van der Waals surface area contributed by atoms with Gasteiger partial charge in [-0.05, 0) is 54.8 Å². The summed E-state index contributed by atoms with van der Waals surface area (Å²) in [5.74, 6) is -2.39. The van der Waals surface area contributed by atoms with Crippen LogP contribution in [0.15, 0.2) is 71.1 Å². The molecule has 0 bridgehead atoms. The zero-order valence-corrected chi connectivity index (χ0v) is 27.4. The predicted molar refractivity (Wildman–Crippen MR) is 171 cm³/mol. The van der Waals surface area contributed by atoms with Gasteiger partial charge in [0.15, 0.2) is 28.7 Å². The van der Waals surface area contributed by atoms with E-state index in [1.165, 1.54) is 0 Å². The molecule has 1 fully saturated rings. The molecule has 2 aromatic carbocycles. The molecule has 8 nitrogen and oxygen atoms in total. The second-order valence-electron chi connectivity index (χ2n) is 15.3. The van der Waals surface area contributed by atoms with Crippen LogP contribution < -0.4 is 4.74 Å². The number of nitrogens with zero attached hydrogens (tertiary/aromatic N) is 2. The van der Waals surface area contributed by atoms with E-state index in [-0.39, 0.29) is 39.7 Å². The van der Waals surface area contributed by atoms with Crippen LogP contribution in [0.25, 0.3) is 0 Å². The van der Waals surface area contributed by atoms with Crippen molar-refractivity contribution in [1.82, 2.24) is 9.80 Å². The highest BCUT2D eigenvalue weighted by molar-refractivity contribution is 6.34. The van der Waals surface area contributed by atoms with E-state index in [4.69, 9.17) is 4.74 Å². The van der Waals surface area contributed by atoms with Crippen molar-refractivity contribution in [3.8, 4) is 5.75 Å². The second-order valence-corrected chi connectivity index (χ2v) is 15.3. The number of esters is 1. The number of carbonyl (C=O) groups is 5. The van der Waals surface area contributed by atoms with E-state index in [1.807, 2.05) is 19.2 Å². The van der Waals surface area contributed by atoms with Crippen LogP contribution in [0.4, 0.5) is 0 Å². The molecular weight excluding hydrogens is 580 g/mol. The third-order valence-electron chi connectivity index (χ3n) is 10.9. The Morgan fingerprint density at radius 2 is 1.24 bits per heavy atom. The number of allylic oxidation sites excluding steroid dienone is 4. The Labute approximate surface area is 269 Å². The number of benzene rings is 2. The molecule has 8 heteroatoms. The molecule has 1 unspecified atom stereocenters. The Balaban J connectivity index is 1.22. The Kier molecular flexibility index (Phi) is 6.74. The van der Waals surface area contributed by atoms with Gasteiger partial charge in [-0.3, -0.25) is 28.9 Å². The molecule has 2 aromatic rings. The van der Waals surface area contributed by atoms with E-state index in [2.05, 4.69) is 32.6 Å². The summed E-state index contributed by atoms with van der Waals surface area (Å²) in [7, 11) is 3.69. The highest BCUT2D eigenvalue weighted by Gasteiger charge is 2.65. The van der Waals surface area contributed by atoms with E-state index in [9.17, 15) is 24.0 Å². The lowest BCUT2D eigenvalue weighted by Gasteiger charge is -2.47. The van der Waals surface area contributed by atoms with Gasteiger partial charge in [0, 0.05) is 66.0 Å². The van der Waals surface area contributed by atoms with Gasteiger partial charge in [0.2, 0.25) is 0 Å². The monoisotopic (exact) mass is 620 g/mol. The fourth-order valence-electron chi connectivity index (χ4n) is 8.73. The van der Waals surface area contributed by atoms with Crippen molar-refractivity contribution >= 4 is 29.1 Å². The third kappa shape index (κ3) is 4.33. The van der Waals surface area contributed by atoms with Crippen LogP contribution in [0.5, 0.6) is 5.75 Å². The van der Waals surface area contributed by atoms with Gasteiger partial charge < -0.3 is 9.64 Å². The number of rotatable bonds is 3. The maximum Gasteiger partial charge on any atom is 0.317 e. The summed E-state index contributed by atoms with van der Waals surface area (Å²) in [6.45, 7) is 8.84. The first-order valence-electron chi connectivity index (χ1n) is 16.1. The van der Waals surface area contributed by atoms with E-state index in [0.29, 0.717) is 48.1 Å². The maximum atomic E-state index is 13.8. The standard InChI is InChI=1S/C38H40N2O6/c1-36(2)17-26-31(28(41)19-36)30(32-27(40(26)6)18-37(3,4)20-29(32)42)21-11-13-22(14-12-21)46-35(45)25-15-16-39(5)38(25)33(43)23-9-7-8-10-24(23)34(38)44/h7-14,25,30H,15-20H2,1-6H3. The molecule has 46 heavy (non-hydrogen) atoms. The van der Waals surface area contributed by atoms with Gasteiger partial charge >= 0.3 is 5.97 Å². The molecule has 2 heterocycles. The first-order valence-corrected chi connectivity index (χ1v) is 16.1. The van der Waals surface area contributed by atoms with Crippen LogP contribution in [0.3, 0.4) is 0 Å². The van der Waals surface area contributed by atoms with E-state index >= 15 is 0 Å². The Hall–Kier alpha value is -4.17. The quantitative estimate of drug-likeness (QED) is 0.246. The molecule has 0 saturated carbocycles. The van der Waals surface area contributed by atoms with Gasteiger partial charge in [-0.15, -0.1) is 0 Å². The normalized spacial score (nSPS) is 25.3. The molecule has 0 aromatic heterocycles. The summed E-state index contributed by atoms with van der Waals surface area (Å²) >= 11 is 0. The van der Waals surface area contributed by atoms with E-state index in [1.54, 1.807) is 48.3 Å². The fourth-order valence-corrected chi connectivity index (χ4v) is 8.73. The number of likely N-dealkylation sites (N-methyl/N-ethyl adjacent to an activating group) is 1. The second kappa shape index (κ2) is 10.2. The van der Waals surface area contributed by atoms with Crippen LogP contribution in [0.2, 0.25) is 0 Å². The summed E-state index contributed by atoms with van der Waals surface area (Å²) in [6, 6.07) is 13.7. The molecule has 238 valence electrons. The van der Waals surface area contributed by atoms with Crippen LogP contribution in [-0.2, 0) is 14.4 Å². The Morgan fingerprint density at radius 1 is 0.739 bits per heavy atom. The average Bonchev–Trinajstić information content (AvgIpc) is 3.44. The van der Waals surface area contributed by atoms with Crippen LogP contribution in [0.1, 0.15) is 92.0 Å². The topological polar surface area (TPSA) is 101 Å². The summed E-state index contributed by atoms with van der Waals surface area (Å²) in [5, 5.41) is 0. The minimum absolute atomic E-state index is 0.0605. The molecule has 5 aliphatic rings. The average molecular weight is 621 g/mol. The smallest absolute Gasteiger partial charge is 0.317 e. The van der Waals surface area contributed by atoms with Crippen LogP contribution >= 0.6 is 0 Å². The maximum absolute atomic E-state index is 13.8. The van der Waals surface area contributed by atoms with Gasteiger partial charge in [-0.2, -0.15) is 0 Å². The van der Waals surface area contributed by atoms with Crippen molar-refractivity contribution in [1.29, 1.82) is 0 Å². The summed E-state index contributed by atoms with van der Waals surface area (Å²) in [6.07, 6.45) is 2.61. The molecule has 0 radical (unpaired) electrons. The van der Waals surface area contributed by atoms with E-state index < -0.39 is 23.3 Å². The van der Waals surface area contributed by atoms with E-state index in [0.717, 1.165) is 29.8 Å². The molecule has 1 saturated heterocycles. The fraction of sp³-hybridized carbons (Fsp3) is 0.447. The highest BCUT2D eigenvalue weighted by atomic mass is 16.5. The lowest BCUT2D eigenvalue weighted by atomic mass is 9.64. The molecule has 0 amide bonds. The Morgan fingerprint density at radius 3 is 1.74 bits per heavy atom. The SMILES string of the molecule is CN1C2=C(C(=O)CC(C)(C)C2)C(c2ccc(OC(=O)C3CCN(C)C34C(=O)c3ccccc3C4=O)cc2)C2=C1CC(C)(C)CC2=O. The largest absolute Gasteiger partial charge is 0.426 e. The predicted octanol–water partition coefficient (Wildman–Crippen LogP) is 5.68. The number of ketones is 4. The zero-order chi connectivity index (χ0) is 32.9. The lowest BCUT2D eigenvalue weighted by Crippen LogP contribution is -2.57. The number of ether oxygens (including phenoxy) is 1. The highest BCUT2D eigenvalue weighted by Crippen LogP contribution is 2.54. The first-order chi connectivity index (χ1) is 21.7. The molecule has 7 rings (SSSR count). The minimum Gasteiger partial charge on any atom is -0.426 e. The molecule has 0 N–H and O–H groups in total. The summed E-state index contributed by atoms with van der Waals surface area (Å²) in [5.41, 5.74) is 2.83. The Bertz CT molecular complexity index is 1720. The van der Waals surface area contributed by atoms with Crippen LogP contribution in [0, 0.1) is 16.7 Å². The van der Waals surface area contributed by atoms with Gasteiger partial charge in [0.05, 0.1) is 5.92 Å². The number of fused-ring (bicyclic) bond motifs is 1. The van der Waals surface area contributed by atoms with Crippen molar-refractivity contribution in [3.63, 3.8) is 0 Å². The molecule has 1 spiro atoms. The van der Waals surface area contributed by atoms with Gasteiger partial charge in [0.1, 0.15) is 5.75 Å². The van der Waals surface area contributed by atoms with Gasteiger partial charge in [-0.25, -0.2) is 0 Å². The van der Waals surface area contributed by atoms with Crippen molar-refractivity contribution in [2.45, 2.75) is 71.3 Å². The first kappa shape index (κ1) is 30.5. The zero-order valence-electron chi connectivity index (χ0n) is 27.4. The van der Waals surface area contributed by atoms with Crippen LogP contribution in [-0.4, -0.2) is 65.1 Å². The number of hydrogen-bond donors (Lipinski definition) is 0.